The van der Waals surface area contributed by atoms with Gasteiger partial charge in [0.15, 0.2) is 5.65 Å². The van der Waals surface area contributed by atoms with Crippen LogP contribution < -0.4 is 5.32 Å². The molecule has 0 atom stereocenters. The van der Waals surface area contributed by atoms with E-state index in [1.54, 1.807) is 0 Å². The van der Waals surface area contributed by atoms with E-state index in [1.807, 2.05) is 19.2 Å². The molecule has 2 heterocycles. The van der Waals surface area contributed by atoms with Crippen LogP contribution in [0.4, 0.5) is 5.69 Å². The van der Waals surface area contributed by atoms with Gasteiger partial charge in [-0.15, -0.1) is 0 Å². The van der Waals surface area contributed by atoms with Gasteiger partial charge in [0, 0.05) is 17.9 Å². The summed E-state index contributed by atoms with van der Waals surface area (Å²) in [6.07, 6.45) is 5.16. The van der Waals surface area contributed by atoms with E-state index in [2.05, 4.69) is 51.0 Å². The second-order valence-corrected chi connectivity index (χ2v) is 7.77. The van der Waals surface area contributed by atoms with Gasteiger partial charge in [0.25, 0.3) is 0 Å². The molecule has 1 aliphatic rings. The predicted octanol–water partition coefficient (Wildman–Crippen LogP) is 4.15. The van der Waals surface area contributed by atoms with Crippen molar-refractivity contribution in [1.82, 2.24) is 14.5 Å². The molecule has 146 valence electrons. The van der Waals surface area contributed by atoms with Gasteiger partial charge >= 0.3 is 5.97 Å². The van der Waals surface area contributed by atoms with Crippen LogP contribution in [0, 0.1) is 19.8 Å². The van der Waals surface area contributed by atoms with Gasteiger partial charge in [-0.1, -0.05) is 12.1 Å². The van der Waals surface area contributed by atoms with E-state index in [9.17, 15) is 4.79 Å². The number of nitrogens with one attached hydrogen (secondary N) is 1. The summed E-state index contributed by atoms with van der Waals surface area (Å²) in [5.41, 5.74) is 5.32. The molecule has 2 N–H and O–H groups in total. The molecule has 0 unspecified atom stereocenters. The Hall–Kier alpha value is -2.89. The second-order valence-electron chi connectivity index (χ2n) is 7.77. The molecule has 2 aromatic heterocycles. The van der Waals surface area contributed by atoms with Gasteiger partial charge in [-0.3, -0.25) is 4.79 Å². The lowest BCUT2D eigenvalue weighted by atomic mass is 9.86. The summed E-state index contributed by atoms with van der Waals surface area (Å²) in [6.45, 7) is 4.82. The van der Waals surface area contributed by atoms with Crippen molar-refractivity contribution in [3.05, 3.63) is 53.5 Å². The number of anilines is 1. The molecule has 1 aliphatic carbocycles. The lowest BCUT2D eigenvalue weighted by Gasteiger charge is -2.27. The summed E-state index contributed by atoms with van der Waals surface area (Å²) in [7, 11) is 0. The summed E-state index contributed by atoms with van der Waals surface area (Å²) in [4.78, 5) is 20.3. The molecule has 4 rings (SSSR count). The quantitative estimate of drug-likeness (QED) is 0.697. The van der Waals surface area contributed by atoms with E-state index in [-0.39, 0.29) is 5.92 Å². The van der Waals surface area contributed by atoms with Crippen LogP contribution in [0.15, 0.2) is 36.5 Å². The number of nitrogens with zero attached hydrogens (tertiary/aromatic N) is 3. The van der Waals surface area contributed by atoms with Gasteiger partial charge in [-0.25, -0.2) is 9.97 Å². The monoisotopic (exact) mass is 378 g/mol. The first kappa shape index (κ1) is 18.5. The molecule has 3 aromatic rings. The normalized spacial score (nSPS) is 19.6. The number of fused-ring (bicyclic) bond motifs is 1. The van der Waals surface area contributed by atoms with Crippen LogP contribution in [0.1, 0.15) is 42.6 Å². The van der Waals surface area contributed by atoms with Crippen molar-refractivity contribution in [2.75, 3.05) is 5.32 Å². The van der Waals surface area contributed by atoms with Crippen LogP contribution >= 0.6 is 0 Å². The number of pyridine rings is 1. The number of aryl methyl sites for hydroxylation is 2. The van der Waals surface area contributed by atoms with E-state index < -0.39 is 5.97 Å². The number of hydrogen-bond donors (Lipinski definition) is 2. The molecular formula is C22H26N4O2. The molecule has 6 nitrogen and oxygen atoms in total. The zero-order valence-corrected chi connectivity index (χ0v) is 16.4. The fourth-order valence-electron chi connectivity index (χ4n) is 4.05. The molecule has 1 saturated carbocycles. The second kappa shape index (κ2) is 7.62. The molecule has 0 amide bonds. The zero-order chi connectivity index (χ0) is 19.7. The van der Waals surface area contributed by atoms with Crippen molar-refractivity contribution in [3.63, 3.8) is 0 Å². The van der Waals surface area contributed by atoms with Crippen molar-refractivity contribution in [3.8, 4) is 0 Å². The number of carboxylic acids is 1. The Kier molecular flexibility index (Phi) is 5.03. The molecule has 0 radical (unpaired) electrons. The molecule has 1 fully saturated rings. The van der Waals surface area contributed by atoms with Crippen LogP contribution in [-0.2, 0) is 11.3 Å². The van der Waals surface area contributed by atoms with E-state index in [0.29, 0.717) is 6.04 Å². The number of carbonyl (C=O) groups is 1. The van der Waals surface area contributed by atoms with E-state index in [1.165, 1.54) is 5.56 Å². The standard InChI is InChI=1S/C22H26N4O2/c1-14-11-12-23-21-20(14)24-15(2)26(21)13-16-3-7-18(8-4-16)25-19-9-5-17(6-10-19)22(27)28/h3-4,7-8,11-12,17,19,25H,5-6,9-10,13H2,1-2H3,(H,27,28)/t17-,19-. The maximum atomic E-state index is 11.1. The highest BCUT2D eigenvalue weighted by molar-refractivity contribution is 5.75. The number of carboxylic acid groups (broad SMARTS) is 1. The van der Waals surface area contributed by atoms with Gasteiger partial charge in [0.1, 0.15) is 11.3 Å². The lowest BCUT2D eigenvalue weighted by molar-refractivity contribution is -0.142. The molecule has 0 saturated heterocycles. The Morgan fingerprint density at radius 2 is 1.86 bits per heavy atom. The number of hydrogen-bond acceptors (Lipinski definition) is 4. The molecule has 0 spiro atoms. The SMILES string of the molecule is Cc1ccnc2c1nc(C)n2Cc1ccc(N[C@H]2CC[C@H](C(=O)O)CC2)cc1. The summed E-state index contributed by atoms with van der Waals surface area (Å²) in [6, 6.07) is 10.8. The third-order valence-corrected chi connectivity index (χ3v) is 5.77. The van der Waals surface area contributed by atoms with Crippen molar-refractivity contribution in [2.45, 2.75) is 52.1 Å². The minimum atomic E-state index is -0.658. The molecule has 28 heavy (non-hydrogen) atoms. The predicted molar refractivity (Wildman–Crippen MR) is 110 cm³/mol. The largest absolute Gasteiger partial charge is 0.481 e. The lowest BCUT2D eigenvalue weighted by Crippen LogP contribution is -2.29. The maximum absolute atomic E-state index is 11.1. The van der Waals surface area contributed by atoms with Crippen LogP contribution in [0.5, 0.6) is 0 Å². The van der Waals surface area contributed by atoms with Crippen molar-refractivity contribution < 1.29 is 9.90 Å². The van der Waals surface area contributed by atoms with Gasteiger partial charge in [0.2, 0.25) is 0 Å². The van der Waals surface area contributed by atoms with Gasteiger partial charge < -0.3 is 15.0 Å². The van der Waals surface area contributed by atoms with E-state index in [4.69, 9.17) is 5.11 Å². The van der Waals surface area contributed by atoms with E-state index in [0.717, 1.165) is 60.5 Å². The highest BCUT2D eigenvalue weighted by Crippen LogP contribution is 2.27. The molecule has 0 bridgehead atoms. The minimum absolute atomic E-state index is 0.175. The molecule has 0 aliphatic heterocycles. The van der Waals surface area contributed by atoms with Crippen LogP contribution in [-0.4, -0.2) is 31.7 Å². The third-order valence-electron chi connectivity index (χ3n) is 5.77. The fraction of sp³-hybridized carbons (Fsp3) is 0.409. The van der Waals surface area contributed by atoms with Crippen molar-refractivity contribution in [2.24, 2.45) is 5.92 Å². The number of rotatable bonds is 5. The zero-order valence-electron chi connectivity index (χ0n) is 16.4. The number of aromatic nitrogens is 3. The summed E-state index contributed by atoms with van der Waals surface area (Å²) in [5, 5.41) is 12.7. The summed E-state index contributed by atoms with van der Waals surface area (Å²) >= 11 is 0. The number of imidazole rings is 1. The minimum Gasteiger partial charge on any atom is -0.481 e. The Morgan fingerprint density at radius 3 is 2.54 bits per heavy atom. The smallest absolute Gasteiger partial charge is 0.306 e. The van der Waals surface area contributed by atoms with Gasteiger partial charge in [-0.05, 0) is 68.9 Å². The molecule has 6 heteroatoms. The van der Waals surface area contributed by atoms with E-state index >= 15 is 0 Å². The maximum Gasteiger partial charge on any atom is 0.306 e. The first-order valence-electron chi connectivity index (χ1n) is 9.88. The number of benzene rings is 1. The van der Waals surface area contributed by atoms with Crippen molar-refractivity contribution in [1.29, 1.82) is 0 Å². The first-order valence-corrected chi connectivity index (χ1v) is 9.88. The summed E-state index contributed by atoms with van der Waals surface area (Å²) in [5.74, 6) is 0.134. The highest BCUT2D eigenvalue weighted by atomic mass is 16.4. The van der Waals surface area contributed by atoms with Crippen LogP contribution in [0.25, 0.3) is 11.2 Å². The van der Waals surface area contributed by atoms with Crippen LogP contribution in [0.3, 0.4) is 0 Å². The number of aliphatic carboxylic acids is 1. The third kappa shape index (κ3) is 3.72. The highest BCUT2D eigenvalue weighted by Gasteiger charge is 2.25. The Labute approximate surface area is 164 Å². The topological polar surface area (TPSA) is 80.0 Å². The molecular weight excluding hydrogens is 352 g/mol. The van der Waals surface area contributed by atoms with Gasteiger partial charge in [-0.2, -0.15) is 0 Å². The average molecular weight is 378 g/mol. The average Bonchev–Trinajstić information content (AvgIpc) is 3.01. The Balaban J connectivity index is 1.43. The van der Waals surface area contributed by atoms with Crippen LogP contribution in [0.2, 0.25) is 0 Å². The fourth-order valence-corrected chi connectivity index (χ4v) is 4.05. The molecule has 1 aromatic carbocycles. The summed E-state index contributed by atoms with van der Waals surface area (Å²) < 4.78 is 2.15. The first-order chi connectivity index (χ1) is 13.5. The van der Waals surface area contributed by atoms with Gasteiger partial charge in [0.05, 0.1) is 12.5 Å². The Bertz CT molecular complexity index is 986. The Morgan fingerprint density at radius 1 is 1.14 bits per heavy atom. The van der Waals surface area contributed by atoms with Crippen molar-refractivity contribution >= 4 is 22.8 Å².